The Hall–Kier alpha value is -6.12. The molecule has 7 rings (SSSR count). The average Bonchev–Trinajstić information content (AvgIpc) is 3.37. The summed E-state index contributed by atoms with van der Waals surface area (Å²) in [6.07, 6.45) is 3.02. The number of phenolic OH excluding ortho intramolecular Hbond substituents is 1. The van der Waals surface area contributed by atoms with E-state index in [2.05, 4.69) is 4.98 Å². The number of aromatic hydroxyl groups is 1. The van der Waals surface area contributed by atoms with Crippen LogP contribution in [-0.4, -0.2) is 68.6 Å². The van der Waals surface area contributed by atoms with Gasteiger partial charge in [-0.15, -0.1) is 0 Å². The van der Waals surface area contributed by atoms with Gasteiger partial charge in [-0.3, -0.25) is 14.4 Å². The van der Waals surface area contributed by atoms with Crippen molar-refractivity contribution >= 4 is 22.6 Å². The van der Waals surface area contributed by atoms with E-state index in [0.29, 0.717) is 33.7 Å². The Labute approximate surface area is 289 Å². The summed E-state index contributed by atoms with van der Waals surface area (Å²) >= 11 is 0. The van der Waals surface area contributed by atoms with Crippen molar-refractivity contribution in [2.45, 2.75) is 44.8 Å². The van der Waals surface area contributed by atoms with Crippen LogP contribution in [0.3, 0.4) is 0 Å². The molecule has 0 spiro atoms. The van der Waals surface area contributed by atoms with Crippen LogP contribution in [0, 0.1) is 0 Å². The van der Waals surface area contributed by atoms with E-state index in [1.54, 1.807) is 32.2 Å². The second-order valence-electron chi connectivity index (χ2n) is 12.5. The highest BCUT2D eigenvalue weighted by atomic mass is 16.5. The third-order valence-electron chi connectivity index (χ3n) is 9.95. The number of hydrogen-bond donors (Lipinski definition) is 1. The first-order valence-corrected chi connectivity index (χ1v) is 16.1. The Balaban J connectivity index is 1.33. The fourth-order valence-corrected chi connectivity index (χ4v) is 7.50. The highest BCUT2D eigenvalue weighted by Gasteiger charge is 2.46. The Morgan fingerprint density at radius 3 is 2.18 bits per heavy atom. The van der Waals surface area contributed by atoms with Gasteiger partial charge in [-0.25, -0.2) is 28.5 Å². The topological polar surface area (TPSA) is 175 Å². The number of ketones is 2. The van der Waals surface area contributed by atoms with E-state index in [4.69, 9.17) is 18.9 Å². The van der Waals surface area contributed by atoms with Crippen LogP contribution in [0.4, 0.5) is 0 Å². The quantitative estimate of drug-likeness (QED) is 0.211. The zero-order valence-corrected chi connectivity index (χ0v) is 28.8. The van der Waals surface area contributed by atoms with Crippen molar-refractivity contribution in [1.82, 2.24) is 23.5 Å². The lowest BCUT2D eigenvalue weighted by Gasteiger charge is -2.40. The van der Waals surface area contributed by atoms with Crippen molar-refractivity contribution < 1.29 is 33.6 Å². The maximum atomic E-state index is 14.2. The van der Waals surface area contributed by atoms with E-state index in [1.807, 2.05) is 0 Å². The zero-order chi connectivity index (χ0) is 36.5. The molecule has 2 aromatic heterocycles. The number of Topliss-reactive ketones (excluding diaryl/α,β-unsaturated/α-hetero) is 1. The molecule has 2 atom stereocenters. The van der Waals surface area contributed by atoms with E-state index in [-0.39, 0.29) is 77.2 Å². The smallest absolute Gasteiger partial charge is 0.347 e. The molecule has 0 saturated carbocycles. The molecule has 0 saturated heterocycles. The fourth-order valence-electron chi connectivity index (χ4n) is 7.50. The van der Waals surface area contributed by atoms with E-state index < -0.39 is 28.9 Å². The highest BCUT2D eigenvalue weighted by molar-refractivity contribution is 6.23. The number of carbonyl (C=O) groups excluding carboxylic acids is 2. The van der Waals surface area contributed by atoms with Crippen LogP contribution in [0.1, 0.15) is 36.6 Å². The minimum Gasteiger partial charge on any atom is -0.508 e. The Morgan fingerprint density at radius 2 is 1.53 bits per heavy atom. The molecule has 15 nitrogen and oxygen atoms in total. The highest BCUT2D eigenvalue weighted by Crippen LogP contribution is 2.54. The molecule has 2 aromatic carbocycles. The number of benzene rings is 2. The van der Waals surface area contributed by atoms with Gasteiger partial charge >= 0.3 is 11.4 Å². The van der Waals surface area contributed by atoms with Gasteiger partial charge in [-0.1, -0.05) is 6.08 Å². The standard InChI is InChI=1S/C36H35N5O10/c1-17-11-25(43)20-14-23-19(30(31(20)33(17)44)32-28(50-5)12-18(42)13-29(32)51-6)7-10-40-35(46)39(36(47)41(23)40)9-8-21-34(45)38(2)24-16-27(49-4)26(48-3)15-22(24)37-21/h7,11-13,15-16,23,30,42H,8-10,14H2,1-6H3/t23-,30+/m1/s1. The second-order valence-corrected chi connectivity index (χ2v) is 12.5. The summed E-state index contributed by atoms with van der Waals surface area (Å²) in [6, 6.07) is 5.25. The normalized spacial score (nSPS) is 18.2. The van der Waals surface area contributed by atoms with Crippen LogP contribution >= 0.6 is 0 Å². The molecule has 51 heavy (non-hydrogen) atoms. The maximum absolute atomic E-state index is 14.2. The van der Waals surface area contributed by atoms with Crippen molar-refractivity contribution in [2.75, 3.05) is 28.4 Å². The number of fused-ring (bicyclic) bond motifs is 4. The second kappa shape index (κ2) is 12.3. The number of nitrogens with zero attached hydrogens (tertiary/aromatic N) is 5. The Morgan fingerprint density at radius 1 is 0.882 bits per heavy atom. The molecule has 3 aliphatic rings. The molecule has 4 aromatic rings. The molecule has 3 heterocycles. The first kappa shape index (κ1) is 33.4. The van der Waals surface area contributed by atoms with E-state index >= 15 is 0 Å². The lowest BCUT2D eigenvalue weighted by Crippen LogP contribution is -2.41. The molecule has 0 bridgehead atoms. The minimum atomic E-state index is -0.899. The number of allylic oxidation sites excluding steroid dienone is 6. The van der Waals surface area contributed by atoms with Gasteiger partial charge in [0.05, 0.1) is 52.1 Å². The first-order valence-electron chi connectivity index (χ1n) is 16.1. The number of ether oxygens (including phenoxy) is 4. The number of rotatable bonds is 8. The zero-order valence-electron chi connectivity index (χ0n) is 28.8. The van der Waals surface area contributed by atoms with Gasteiger partial charge in [0, 0.05) is 78.9 Å². The molecule has 0 amide bonds. The number of aromatic nitrogens is 5. The van der Waals surface area contributed by atoms with Gasteiger partial charge < -0.3 is 28.6 Å². The molecular weight excluding hydrogens is 662 g/mol. The summed E-state index contributed by atoms with van der Waals surface area (Å²) in [5, 5.41) is 10.4. The number of carbonyl (C=O) groups is 2. The lowest BCUT2D eigenvalue weighted by molar-refractivity contribution is -0.116. The molecule has 1 aliphatic heterocycles. The van der Waals surface area contributed by atoms with Crippen molar-refractivity contribution in [3.05, 3.63) is 101 Å². The molecule has 0 unspecified atom stereocenters. The molecular formula is C36H35N5O10. The molecule has 2 aliphatic carbocycles. The van der Waals surface area contributed by atoms with Gasteiger partial charge in [0.25, 0.3) is 5.56 Å². The van der Waals surface area contributed by atoms with Crippen LogP contribution < -0.4 is 35.9 Å². The van der Waals surface area contributed by atoms with Gasteiger partial charge in [0.1, 0.15) is 22.9 Å². The monoisotopic (exact) mass is 697 g/mol. The number of phenols is 1. The largest absolute Gasteiger partial charge is 0.508 e. The summed E-state index contributed by atoms with van der Waals surface area (Å²) in [6.45, 7) is 1.41. The van der Waals surface area contributed by atoms with Crippen LogP contribution in [-0.2, 0) is 36.1 Å². The predicted molar refractivity (Wildman–Crippen MR) is 183 cm³/mol. The molecule has 15 heteroatoms. The molecule has 0 radical (unpaired) electrons. The van der Waals surface area contributed by atoms with E-state index in [0.717, 1.165) is 4.57 Å². The predicted octanol–water partition coefficient (Wildman–Crippen LogP) is 2.10. The van der Waals surface area contributed by atoms with Crippen molar-refractivity contribution in [3.63, 3.8) is 0 Å². The van der Waals surface area contributed by atoms with Gasteiger partial charge in [-0.05, 0) is 18.6 Å². The number of methoxy groups -OCH3 is 4. The van der Waals surface area contributed by atoms with E-state index in [9.17, 15) is 29.1 Å². The SMILES string of the molecule is COc1cc2nc(CCn3c(=O)n4n(c3=O)[C@@H]3CC5=C(C(=O)C(C)=CC5=O)[C@@H](c5c(OC)cc(O)cc5OC)C3=CC4)c(=O)n(C)c2cc1OC. The minimum absolute atomic E-state index is 0.0106. The maximum Gasteiger partial charge on any atom is 0.347 e. The van der Waals surface area contributed by atoms with Gasteiger partial charge in [-0.2, -0.15) is 0 Å². The van der Waals surface area contributed by atoms with Gasteiger partial charge in [0.15, 0.2) is 23.1 Å². The van der Waals surface area contributed by atoms with Crippen LogP contribution in [0.15, 0.2) is 73.1 Å². The molecule has 0 fully saturated rings. The van der Waals surface area contributed by atoms with Crippen molar-refractivity contribution in [3.8, 4) is 28.7 Å². The summed E-state index contributed by atoms with van der Waals surface area (Å²) in [4.78, 5) is 73.3. The van der Waals surface area contributed by atoms with Gasteiger partial charge in [0.2, 0.25) is 0 Å². The van der Waals surface area contributed by atoms with Crippen LogP contribution in [0.25, 0.3) is 11.0 Å². The third-order valence-corrected chi connectivity index (χ3v) is 9.95. The average molecular weight is 698 g/mol. The molecule has 264 valence electrons. The summed E-state index contributed by atoms with van der Waals surface area (Å²) < 4.78 is 27.2. The molecule has 1 N–H and O–H groups in total. The Bertz CT molecular complexity index is 2450. The van der Waals surface area contributed by atoms with Crippen LogP contribution in [0.5, 0.6) is 28.7 Å². The summed E-state index contributed by atoms with van der Waals surface area (Å²) in [5.74, 6) is -0.453. The van der Waals surface area contributed by atoms with Crippen molar-refractivity contribution in [2.24, 2.45) is 7.05 Å². The Kier molecular flexibility index (Phi) is 8.07. The first-order chi connectivity index (χ1) is 24.4. The summed E-state index contributed by atoms with van der Waals surface area (Å²) in [5.41, 5.74) is 1.19. The number of hydrogen-bond acceptors (Lipinski definition) is 11. The fraction of sp³-hybridized carbons (Fsp3) is 0.333. The van der Waals surface area contributed by atoms with E-state index in [1.165, 1.54) is 60.6 Å². The summed E-state index contributed by atoms with van der Waals surface area (Å²) in [7, 11) is 7.40. The third kappa shape index (κ3) is 5.02. The van der Waals surface area contributed by atoms with Crippen LogP contribution in [0.2, 0.25) is 0 Å². The number of aryl methyl sites for hydroxylation is 2. The van der Waals surface area contributed by atoms with Crippen molar-refractivity contribution in [1.29, 1.82) is 0 Å². The lowest BCUT2D eigenvalue weighted by atomic mass is 9.67.